The van der Waals surface area contributed by atoms with Crippen molar-refractivity contribution in [3.05, 3.63) is 17.7 Å². The molecule has 0 radical (unpaired) electrons. The van der Waals surface area contributed by atoms with E-state index in [2.05, 4.69) is 12.2 Å². The fraction of sp³-hybridized carbons (Fsp3) is 0.600. The second-order valence-corrected chi connectivity index (χ2v) is 4.57. The van der Waals surface area contributed by atoms with E-state index >= 15 is 0 Å². The Morgan fingerprint density at radius 3 is 2.00 bits per heavy atom. The number of nitrogens with one attached hydrogen (secondary N) is 1. The quantitative estimate of drug-likeness (QED) is 0.785. The molecule has 0 saturated carbocycles. The lowest BCUT2D eigenvalue weighted by Crippen LogP contribution is -2.20. The first kappa shape index (κ1) is 15.6. The maximum absolute atomic E-state index is 5.37. The molecule has 0 aliphatic carbocycles. The Morgan fingerprint density at radius 1 is 1.05 bits per heavy atom. The van der Waals surface area contributed by atoms with Crippen molar-refractivity contribution in [3.63, 3.8) is 0 Å². The summed E-state index contributed by atoms with van der Waals surface area (Å²) in [7, 11) is 6.89. The van der Waals surface area contributed by atoms with E-state index in [1.807, 2.05) is 19.2 Å². The van der Waals surface area contributed by atoms with Gasteiger partial charge in [0, 0.05) is 0 Å². The topological polar surface area (TPSA) is 39.7 Å². The molecule has 1 unspecified atom stereocenters. The molecule has 1 aromatic carbocycles. The lowest BCUT2D eigenvalue weighted by molar-refractivity contribution is 0.323. The van der Waals surface area contributed by atoms with Gasteiger partial charge in [0.05, 0.1) is 21.3 Å². The normalized spacial score (nSPS) is 12.1. The molecule has 1 N–H and O–H groups in total. The fourth-order valence-corrected chi connectivity index (χ4v) is 2.24. The summed E-state index contributed by atoms with van der Waals surface area (Å²) < 4.78 is 16.1. The second-order valence-electron chi connectivity index (χ2n) is 4.57. The zero-order chi connectivity index (χ0) is 14.3. The highest BCUT2D eigenvalue weighted by molar-refractivity contribution is 5.53. The molecule has 0 saturated heterocycles. The average molecular weight is 267 g/mol. The van der Waals surface area contributed by atoms with Crippen molar-refractivity contribution < 1.29 is 14.2 Å². The Hall–Kier alpha value is -1.42. The molecular formula is C15H25NO3. The number of hydrogen-bond donors (Lipinski definition) is 1. The fourth-order valence-electron chi connectivity index (χ4n) is 2.24. The van der Waals surface area contributed by atoms with E-state index in [0.29, 0.717) is 11.7 Å². The molecule has 0 aliphatic rings. The van der Waals surface area contributed by atoms with Crippen LogP contribution >= 0.6 is 0 Å². The van der Waals surface area contributed by atoms with Gasteiger partial charge in [0.25, 0.3) is 0 Å². The number of methoxy groups -OCH3 is 3. The van der Waals surface area contributed by atoms with Crippen LogP contribution in [0.3, 0.4) is 0 Å². The van der Waals surface area contributed by atoms with Crippen LogP contribution in [0.4, 0.5) is 0 Å². The maximum Gasteiger partial charge on any atom is 0.203 e. The number of ether oxygens (including phenoxy) is 3. The summed E-state index contributed by atoms with van der Waals surface area (Å²) in [5, 5.41) is 3.23. The predicted molar refractivity (Wildman–Crippen MR) is 77.5 cm³/mol. The zero-order valence-electron chi connectivity index (χ0n) is 12.6. The van der Waals surface area contributed by atoms with Gasteiger partial charge in [-0.05, 0) is 43.6 Å². The summed E-state index contributed by atoms with van der Waals surface area (Å²) in [5.74, 6) is 2.69. The molecule has 1 atom stereocenters. The largest absolute Gasteiger partial charge is 0.493 e. The van der Waals surface area contributed by atoms with Crippen molar-refractivity contribution in [3.8, 4) is 17.2 Å². The molecule has 0 fully saturated rings. The standard InChI is InChI=1S/C15H25NO3/c1-6-11(10-16-2)7-12-8-13(17-3)15(19-5)14(9-12)18-4/h8-9,11,16H,6-7,10H2,1-5H3. The van der Waals surface area contributed by atoms with Crippen molar-refractivity contribution >= 4 is 0 Å². The molecule has 19 heavy (non-hydrogen) atoms. The van der Waals surface area contributed by atoms with Gasteiger partial charge in [-0.2, -0.15) is 0 Å². The third-order valence-corrected chi connectivity index (χ3v) is 3.32. The summed E-state index contributed by atoms with van der Waals surface area (Å²) >= 11 is 0. The van der Waals surface area contributed by atoms with Crippen molar-refractivity contribution in [2.75, 3.05) is 34.9 Å². The van der Waals surface area contributed by atoms with Crippen LogP contribution in [-0.4, -0.2) is 34.9 Å². The number of hydrogen-bond acceptors (Lipinski definition) is 4. The van der Waals surface area contributed by atoms with Gasteiger partial charge in [-0.1, -0.05) is 13.3 Å². The van der Waals surface area contributed by atoms with Crippen molar-refractivity contribution in [2.45, 2.75) is 19.8 Å². The molecule has 0 aromatic heterocycles. The third-order valence-electron chi connectivity index (χ3n) is 3.32. The monoisotopic (exact) mass is 267 g/mol. The van der Waals surface area contributed by atoms with Gasteiger partial charge in [0.1, 0.15) is 0 Å². The molecule has 0 heterocycles. The summed E-state index contributed by atoms with van der Waals surface area (Å²) in [6, 6.07) is 4.05. The third kappa shape index (κ3) is 4.03. The first-order valence-electron chi connectivity index (χ1n) is 6.63. The van der Waals surface area contributed by atoms with Gasteiger partial charge in [0.2, 0.25) is 5.75 Å². The summed E-state index contributed by atoms with van der Waals surface area (Å²) in [4.78, 5) is 0. The average Bonchev–Trinajstić information content (AvgIpc) is 2.45. The van der Waals surface area contributed by atoms with Crippen LogP contribution in [0.1, 0.15) is 18.9 Å². The van der Waals surface area contributed by atoms with Gasteiger partial charge in [-0.15, -0.1) is 0 Å². The molecule has 0 aliphatic heterocycles. The highest BCUT2D eigenvalue weighted by Gasteiger charge is 2.15. The molecular weight excluding hydrogens is 242 g/mol. The minimum atomic E-state index is 0.604. The van der Waals surface area contributed by atoms with E-state index in [9.17, 15) is 0 Å². The Kier molecular flexibility index (Phi) is 6.50. The number of rotatable bonds is 8. The minimum absolute atomic E-state index is 0.604. The lowest BCUT2D eigenvalue weighted by Gasteiger charge is -2.17. The van der Waals surface area contributed by atoms with Crippen molar-refractivity contribution in [1.29, 1.82) is 0 Å². The molecule has 1 aromatic rings. The smallest absolute Gasteiger partial charge is 0.203 e. The van der Waals surface area contributed by atoms with Gasteiger partial charge in [0.15, 0.2) is 11.5 Å². The maximum atomic E-state index is 5.37. The first-order valence-corrected chi connectivity index (χ1v) is 6.63. The van der Waals surface area contributed by atoms with E-state index in [1.54, 1.807) is 21.3 Å². The van der Waals surface area contributed by atoms with Crippen LogP contribution in [0.2, 0.25) is 0 Å². The van der Waals surface area contributed by atoms with Crippen LogP contribution in [0.25, 0.3) is 0 Å². The zero-order valence-corrected chi connectivity index (χ0v) is 12.6. The minimum Gasteiger partial charge on any atom is -0.493 e. The van der Waals surface area contributed by atoms with E-state index < -0.39 is 0 Å². The Morgan fingerprint density at radius 2 is 1.63 bits per heavy atom. The summed E-state index contributed by atoms with van der Waals surface area (Å²) in [6.07, 6.45) is 2.13. The molecule has 4 heteroatoms. The van der Waals surface area contributed by atoms with Crippen LogP contribution < -0.4 is 19.5 Å². The van der Waals surface area contributed by atoms with E-state index in [0.717, 1.165) is 30.9 Å². The van der Waals surface area contributed by atoms with Crippen molar-refractivity contribution in [2.24, 2.45) is 5.92 Å². The van der Waals surface area contributed by atoms with Crippen molar-refractivity contribution in [1.82, 2.24) is 5.32 Å². The molecule has 0 bridgehead atoms. The van der Waals surface area contributed by atoms with Gasteiger partial charge in [-0.3, -0.25) is 0 Å². The molecule has 1 rings (SSSR count). The second kappa shape index (κ2) is 7.89. The summed E-state index contributed by atoms with van der Waals surface area (Å²) in [6.45, 7) is 3.22. The van der Waals surface area contributed by atoms with Gasteiger partial charge >= 0.3 is 0 Å². The lowest BCUT2D eigenvalue weighted by atomic mass is 9.96. The van der Waals surface area contributed by atoms with Crippen LogP contribution in [0.15, 0.2) is 12.1 Å². The Balaban J connectivity index is 3.01. The van der Waals surface area contributed by atoms with Crippen LogP contribution in [0.5, 0.6) is 17.2 Å². The van der Waals surface area contributed by atoms with E-state index in [-0.39, 0.29) is 0 Å². The highest BCUT2D eigenvalue weighted by atomic mass is 16.5. The molecule has 0 amide bonds. The SMILES string of the molecule is CCC(CNC)Cc1cc(OC)c(OC)c(OC)c1. The highest BCUT2D eigenvalue weighted by Crippen LogP contribution is 2.38. The Bertz CT molecular complexity index is 368. The van der Waals surface area contributed by atoms with Crippen LogP contribution in [-0.2, 0) is 6.42 Å². The summed E-state index contributed by atoms with van der Waals surface area (Å²) in [5.41, 5.74) is 1.21. The Labute approximate surface area is 116 Å². The van der Waals surface area contributed by atoms with Gasteiger partial charge < -0.3 is 19.5 Å². The number of benzene rings is 1. The van der Waals surface area contributed by atoms with E-state index in [4.69, 9.17) is 14.2 Å². The first-order chi connectivity index (χ1) is 9.19. The van der Waals surface area contributed by atoms with Gasteiger partial charge in [-0.25, -0.2) is 0 Å². The molecule has 0 spiro atoms. The van der Waals surface area contributed by atoms with Crippen LogP contribution in [0, 0.1) is 5.92 Å². The predicted octanol–water partition coefficient (Wildman–Crippen LogP) is 2.50. The molecule has 4 nitrogen and oxygen atoms in total. The molecule has 108 valence electrons. The van der Waals surface area contributed by atoms with E-state index in [1.165, 1.54) is 5.56 Å².